The van der Waals surface area contributed by atoms with E-state index in [0.29, 0.717) is 12.8 Å². The van der Waals surface area contributed by atoms with E-state index < -0.39 is 0 Å². The Balaban J connectivity index is 2.01. The minimum atomic E-state index is 0.339. The number of rotatable bonds is 1. The molecule has 0 bridgehead atoms. The Kier molecular flexibility index (Phi) is 2.77. The van der Waals surface area contributed by atoms with Crippen LogP contribution in [0.1, 0.15) is 30.9 Å². The molecule has 1 aromatic carbocycles. The second-order valence-corrected chi connectivity index (χ2v) is 5.05. The third-order valence-electron chi connectivity index (χ3n) is 3.18. The van der Waals surface area contributed by atoms with Crippen molar-refractivity contribution in [2.24, 2.45) is 0 Å². The molecule has 0 radical (unpaired) electrons. The Morgan fingerprint density at radius 2 is 2.19 bits per heavy atom. The Labute approximate surface area is 103 Å². The van der Waals surface area contributed by atoms with Crippen LogP contribution in [0, 0.1) is 0 Å². The van der Waals surface area contributed by atoms with Crippen molar-refractivity contribution in [1.82, 2.24) is 5.32 Å². The zero-order valence-electron chi connectivity index (χ0n) is 8.96. The van der Waals surface area contributed by atoms with Crippen LogP contribution in [-0.2, 0) is 0 Å². The summed E-state index contributed by atoms with van der Waals surface area (Å²) in [6.45, 7) is 1.42. The highest BCUT2D eigenvalue weighted by molar-refractivity contribution is 9.10. The summed E-state index contributed by atoms with van der Waals surface area (Å²) in [5.41, 5.74) is 1.22. The number of ether oxygens (including phenoxy) is 2. The summed E-state index contributed by atoms with van der Waals surface area (Å²) < 4.78 is 12.1. The lowest BCUT2D eigenvalue weighted by Gasteiger charge is -2.25. The molecule has 0 aliphatic carbocycles. The lowest BCUT2D eigenvalue weighted by Crippen LogP contribution is -2.27. The van der Waals surface area contributed by atoms with Crippen molar-refractivity contribution in [3.05, 3.63) is 22.2 Å². The van der Waals surface area contributed by atoms with E-state index in [1.54, 1.807) is 0 Å². The largest absolute Gasteiger partial charge is 0.454 e. The van der Waals surface area contributed by atoms with Gasteiger partial charge in [0.15, 0.2) is 11.5 Å². The summed E-state index contributed by atoms with van der Waals surface area (Å²) in [6, 6.07) is 4.39. The maximum atomic E-state index is 5.57. The highest BCUT2D eigenvalue weighted by atomic mass is 79.9. The number of hydrogen-bond donors (Lipinski definition) is 1. The summed E-state index contributed by atoms with van der Waals surface area (Å²) in [7, 11) is 0. The van der Waals surface area contributed by atoms with Gasteiger partial charge in [-0.2, -0.15) is 0 Å². The summed E-state index contributed by atoms with van der Waals surface area (Å²) in [4.78, 5) is 0. The highest BCUT2D eigenvalue weighted by Gasteiger charge is 2.26. The van der Waals surface area contributed by atoms with Crippen LogP contribution in [0.15, 0.2) is 16.6 Å². The zero-order chi connectivity index (χ0) is 11.0. The van der Waals surface area contributed by atoms with Gasteiger partial charge in [0.25, 0.3) is 0 Å². The molecule has 0 aromatic heterocycles. The Morgan fingerprint density at radius 3 is 3.00 bits per heavy atom. The number of fused-ring (bicyclic) bond motifs is 1. The fourth-order valence-corrected chi connectivity index (χ4v) is 2.98. The average Bonchev–Trinajstić information content (AvgIpc) is 2.78. The number of hydrogen-bond acceptors (Lipinski definition) is 3. The minimum Gasteiger partial charge on any atom is -0.454 e. The third-order valence-corrected chi connectivity index (χ3v) is 3.87. The first-order valence-electron chi connectivity index (χ1n) is 5.67. The minimum absolute atomic E-state index is 0.339. The van der Waals surface area contributed by atoms with Gasteiger partial charge in [-0.05, 0) is 31.5 Å². The van der Waals surface area contributed by atoms with E-state index in [2.05, 4.69) is 21.2 Å². The lowest BCUT2D eigenvalue weighted by molar-refractivity contribution is 0.172. The highest BCUT2D eigenvalue weighted by Crippen LogP contribution is 2.44. The molecule has 1 saturated heterocycles. The third kappa shape index (κ3) is 1.70. The summed E-state index contributed by atoms with van der Waals surface area (Å²) in [5.74, 6) is 1.78. The molecular formula is C12H14BrNO2. The van der Waals surface area contributed by atoms with Gasteiger partial charge in [0.1, 0.15) is 0 Å². The molecule has 1 aromatic rings. The van der Waals surface area contributed by atoms with Crippen LogP contribution in [0.2, 0.25) is 0 Å². The molecule has 2 aliphatic heterocycles. The quantitative estimate of drug-likeness (QED) is 0.860. The molecule has 4 heteroatoms. The monoisotopic (exact) mass is 283 g/mol. The van der Waals surface area contributed by atoms with Crippen LogP contribution in [-0.4, -0.2) is 13.3 Å². The normalized spacial score (nSPS) is 23.4. The van der Waals surface area contributed by atoms with Gasteiger partial charge in [0, 0.05) is 16.1 Å². The van der Waals surface area contributed by atoms with Crippen LogP contribution in [0.25, 0.3) is 0 Å². The number of nitrogens with one attached hydrogen (secondary N) is 1. The van der Waals surface area contributed by atoms with Crippen molar-refractivity contribution < 1.29 is 9.47 Å². The molecule has 1 atom stereocenters. The SMILES string of the molecule is Brc1ccc2c(c1C1CCCCN1)OCO2. The van der Waals surface area contributed by atoms with Crippen molar-refractivity contribution in [2.75, 3.05) is 13.3 Å². The van der Waals surface area contributed by atoms with Gasteiger partial charge < -0.3 is 14.8 Å². The average molecular weight is 284 g/mol. The molecule has 0 amide bonds. The number of piperidine rings is 1. The maximum absolute atomic E-state index is 5.57. The molecular weight excluding hydrogens is 270 g/mol. The second-order valence-electron chi connectivity index (χ2n) is 4.20. The van der Waals surface area contributed by atoms with E-state index in [4.69, 9.17) is 9.47 Å². The van der Waals surface area contributed by atoms with Crippen LogP contribution >= 0.6 is 15.9 Å². The van der Waals surface area contributed by atoms with E-state index >= 15 is 0 Å². The van der Waals surface area contributed by atoms with Gasteiger partial charge in [-0.25, -0.2) is 0 Å². The van der Waals surface area contributed by atoms with Crippen molar-refractivity contribution >= 4 is 15.9 Å². The number of benzene rings is 1. The van der Waals surface area contributed by atoms with E-state index in [-0.39, 0.29) is 0 Å². The van der Waals surface area contributed by atoms with E-state index in [9.17, 15) is 0 Å². The number of halogens is 1. The van der Waals surface area contributed by atoms with Crippen molar-refractivity contribution in [3.63, 3.8) is 0 Å². The molecule has 3 rings (SSSR count). The molecule has 2 aliphatic rings. The smallest absolute Gasteiger partial charge is 0.231 e. The molecule has 16 heavy (non-hydrogen) atoms. The fraction of sp³-hybridized carbons (Fsp3) is 0.500. The predicted octanol–water partition coefficient (Wildman–Crippen LogP) is 2.99. The molecule has 2 heterocycles. The molecule has 0 saturated carbocycles. The van der Waals surface area contributed by atoms with Crippen molar-refractivity contribution in [1.29, 1.82) is 0 Å². The molecule has 0 spiro atoms. The lowest BCUT2D eigenvalue weighted by atomic mass is 9.96. The first-order valence-corrected chi connectivity index (χ1v) is 6.47. The fourth-order valence-electron chi connectivity index (χ4n) is 2.39. The molecule has 1 unspecified atom stereocenters. The predicted molar refractivity (Wildman–Crippen MR) is 64.9 cm³/mol. The Morgan fingerprint density at radius 1 is 1.25 bits per heavy atom. The summed E-state index contributed by atoms with van der Waals surface area (Å²) >= 11 is 3.61. The Bertz CT molecular complexity index is 402. The van der Waals surface area contributed by atoms with Gasteiger partial charge in [-0.15, -0.1) is 0 Å². The van der Waals surface area contributed by atoms with Crippen LogP contribution in [0.4, 0.5) is 0 Å². The van der Waals surface area contributed by atoms with E-state index in [1.807, 2.05) is 12.1 Å². The maximum Gasteiger partial charge on any atom is 0.231 e. The Hall–Kier alpha value is -0.740. The molecule has 1 N–H and O–H groups in total. The second kappa shape index (κ2) is 4.26. The van der Waals surface area contributed by atoms with Crippen molar-refractivity contribution in [2.45, 2.75) is 25.3 Å². The first kappa shape index (κ1) is 10.4. The molecule has 1 fully saturated rings. The van der Waals surface area contributed by atoms with Gasteiger partial charge in [-0.3, -0.25) is 0 Å². The first-order chi connectivity index (χ1) is 7.86. The van der Waals surface area contributed by atoms with Crippen LogP contribution < -0.4 is 14.8 Å². The zero-order valence-corrected chi connectivity index (χ0v) is 10.5. The molecule has 3 nitrogen and oxygen atoms in total. The van der Waals surface area contributed by atoms with Gasteiger partial charge in [-0.1, -0.05) is 22.4 Å². The van der Waals surface area contributed by atoms with Gasteiger partial charge in [0.2, 0.25) is 6.79 Å². The topological polar surface area (TPSA) is 30.5 Å². The van der Waals surface area contributed by atoms with Gasteiger partial charge in [0.05, 0.1) is 0 Å². The van der Waals surface area contributed by atoms with Crippen molar-refractivity contribution in [3.8, 4) is 11.5 Å². The van der Waals surface area contributed by atoms with E-state index in [1.165, 1.54) is 24.8 Å². The standard InChI is InChI=1S/C12H14BrNO2/c13-8-4-5-10-12(16-7-15-10)11(8)9-3-1-2-6-14-9/h4-5,9,14H,1-3,6-7H2. The van der Waals surface area contributed by atoms with E-state index in [0.717, 1.165) is 22.5 Å². The van der Waals surface area contributed by atoms with Crippen LogP contribution in [0.5, 0.6) is 11.5 Å². The van der Waals surface area contributed by atoms with Crippen LogP contribution in [0.3, 0.4) is 0 Å². The summed E-state index contributed by atoms with van der Waals surface area (Å²) in [6.07, 6.45) is 3.70. The molecule has 86 valence electrons. The van der Waals surface area contributed by atoms with Gasteiger partial charge >= 0.3 is 0 Å². The summed E-state index contributed by atoms with van der Waals surface area (Å²) in [5, 5.41) is 3.54.